The first-order valence-corrected chi connectivity index (χ1v) is 11.1. The zero-order valence-corrected chi connectivity index (χ0v) is 18.3. The van der Waals surface area contributed by atoms with Gasteiger partial charge in [-0.3, -0.25) is 4.90 Å². The number of hydrogen-bond acceptors (Lipinski definition) is 4. The highest BCUT2D eigenvalue weighted by molar-refractivity contribution is 6.31. The molecule has 0 saturated carbocycles. The Balaban J connectivity index is 1.53. The Labute approximate surface area is 191 Å². The molecule has 0 aliphatic carbocycles. The number of benzene rings is 3. The van der Waals surface area contributed by atoms with Gasteiger partial charge in [-0.25, -0.2) is 4.99 Å². The number of aromatic amines is 1. The maximum Gasteiger partial charge on any atom is 0.199 e. The summed E-state index contributed by atoms with van der Waals surface area (Å²) in [4.78, 5) is 10.4. The van der Waals surface area contributed by atoms with Gasteiger partial charge >= 0.3 is 0 Å². The molecule has 2 N–H and O–H groups in total. The number of nitrogens with one attached hydrogen (secondary N) is 1. The van der Waals surface area contributed by atoms with Crippen molar-refractivity contribution in [2.45, 2.75) is 6.54 Å². The molecule has 0 atom stereocenters. The molecule has 0 spiro atoms. The van der Waals surface area contributed by atoms with Crippen molar-refractivity contribution in [3.8, 4) is 5.88 Å². The lowest BCUT2D eigenvalue weighted by atomic mass is 10.0. The molecule has 1 aliphatic heterocycles. The van der Waals surface area contributed by atoms with Crippen molar-refractivity contribution in [3.05, 3.63) is 94.5 Å². The van der Waals surface area contributed by atoms with Crippen LogP contribution in [0.15, 0.2) is 77.8 Å². The minimum atomic E-state index is 0.0776. The monoisotopic (exact) mass is 445 g/mol. The maximum absolute atomic E-state index is 10.8. The van der Waals surface area contributed by atoms with E-state index in [1.54, 1.807) is 0 Å². The highest BCUT2D eigenvalue weighted by Crippen LogP contribution is 2.33. The van der Waals surface area contributed by atoms with Crippen LogP contribution in [-0.2, 0) is 11.3 Å². The number of aromatic hydroxyl groups is 1. The van der Waals surface area contributed by atoms with Crippen molar-refractivity contribution in [2.75, 3.05) is 26.3 Å². The summed E-state index contributed by atoms with van der Waals surface area (Å²) in [6.07, 6.45) is 0. The van der Waals surface area contributed by atoms with E-state index in [0.717, 1.165) is 55.0 Å². The van der Waals surface area contributed by atoms with E-state index in [1.807, 2.05) is 60.7 Å². The number of aliphatic imine (C=N–C) groups is 1. The van der Waals surface area contributed by atoms with E-state index < -0.39 is 0 Å². The number of aromatic nitrogens is 1. The molecule has 4 aromatic rings. The summed E-state index contributed by atoms with van der Waals surface area (Å²) < 4.78 is 5.43. The minimum Gasteiger partial charge on any atom is -0.494 e. The Morgan fingerprint density at radius 1 is 1.00 bits per heavy atom. The number of fused-ring (bicyclic) bond motifs is 1. The molecule has 1 aliphatic rings. The lowest BCUT2D eigenvalue weighted by molar-refractivity contribution is 0.0342. The first-order valence-electron chi connectivity index (χ1n) is 10.7. The molecule has 3 aromatic carbocycles. The van der Waals surface area contributed by atoms with Crippen LogP contribution < -0.4 is 0 Å². The van der Waals surface area contributed by atoms with Crippen molar-refractivity contribution in [1.29, 1.82) is 0 Å². The third kappa shape index (κ3) is 4.41. The van der Waals surface area contributed by atoms with Gasteiger partial charge in [-0.2, -0.15) is 0 Å². The van der Waals surface area contributed by atoms with Gasteiger partial charge in [-0.05, 0) is 29.8 Å². The van der Waals surface area contributed by atoms with E-state index in [0.29, 0.717) is 16.3 Å². The van der Waals surface area contributed by atoms with Crippen molar-refractivity contribution in [2.24, 2.45) is 4.99 Å². The van der Waals surface area contributed by atoms with E-state index in [4.69, 9.17) is 21.3 Å². The second-order valence-electron chi connectivity index (χ2n) is 7.92. The summed E-state index contributed by atoms with van der Waals surface area (Å²) in [6, 6.07) is 23.7. The molecule has 1 aromatic heterocycles. The van der Waals surface area contributed by atoms with Crippen LogP contribution >= 0.6 is 11.6 Å². The summed E-state index contributed by atoms with van der Waals surface area (Å²) >= 11 is 6.15. The number of halogens is 1. The fourth-order valence-electron chi connectivity index (χ4n) is 4.08. The molecular formula is C26H24ClN3O2. The maximum atomic E-state index is 10.8. The van der Waals surface area contributed by atoms with Gasteiger partial charge in [0.1, 0.15) is 0 Å². The number of nitrogens with zero attached hydrogens (tertiary/aromatic N) is 2. The average molecular weight is 446 g/mol. The molecule has 0 radical (unpaired) electrons. The molecule has 5 rings (SSSR count). The SMILES string of the molecule is Oc1[nH]c2cc(Cl)ccc2c1C(=Nc1ccc(CN2CCOCC2)cc1)c1ccccc1. The number of ether oxygens (including phenoxy) is 1. The van der Waals surface area contributed by atoms with E-state index in [1.165, 1.54) is 5.56 Å². The normalized spacial score (nSPS) is 15.3. The van der Waals surface area contributed by atoms with Crippen LogP contribution in [0.25, 0.3) is 10.9 Å². The molecule has 0 unspecified atom stereocenters. The highest BCUT2D eigenvalue weighted by atomic mass is 35.5. The third-order valence-corrected chi connectivity index (χ3v) is 5.95. The largest absolute Gasteiger partial charge is 0.494 e. The zero-order valence-electron chi connectivity index (χ0n) is 17.6. The van der Waals surface area contributed by atoms with Crippen LogP contribution in [0.3, 0.4) is 0 Å². The summed E-state index contributed by atoms with van der Waals surface area (Å²) in [7, 11) is 0. The van der Waals surface area contributed by atoms with Gasteiger partial charge in [0, 0.05) is 35.6 Å². The van der Waals surface area contributed by atoms with Gasteiger partial charge in [0.05, 0.1) is 35.7 Å². The van der Waals surface area contributed by atoms with Crippen LogP contribution in [0.4, 0.5) is 5.69 Å². The van der Waals surface area contributed by atoms with Crippen LogP contribution in [-0.4, -0.2) is 47.0 Å². The van der Waals surface area contributed by atoms with Gasteiger partial charge in [-0.15, -0.1) is 0 Å². The van der Waals surface area contributed by atoms with Crippen LogP contribution in [0.5, 0.6) is 5.88 Å². The van der Waals surface area contributed by atoms with Gasteiger partial charge in [0.2, 0.25) is 0 Å². The standard InChI is InChI=1S/C26H24ClN3O2/c27-20-8-11-22-23(16-20)29-26(31)24(22)25(19-4-2-1-3-5-19)28-21-9-6-18(7-10-21)17-30-12-14-32-15-13-30/h1-11,16,29,31H,12-15,17H2. The minimum absolute atomic E-state index is 0.0776. The lowest BCUT2D eigenvalue weighted by Gasteiger charge is -2.26. The molecule has 2 heterocycles. The second kappa shape index (κ2) is 9.17. The first kappa shape index (κ1) is 20.8. The number of H-pyrrole nitrogens is 1. The molecule has 1 saturated heterocycles. The molecule has 5 nitrogen and oxygen atoms in total. The fourth-order valence-corrected chi connectivity index (χ4v) is 4.25. The van der Waals surface area contributed by atoms with Crippen LogP contribution in [0.1, 0.15) is 16.7 Å². The molecule has 1 fully saturated rings. The second-order valence-corrected chi connectivity index (χ2v) is 8.36. The molecular weight excluding hydrogens is 422 g/mol. The van der Waals surface area contributed by atoms with Crippen molar-refractivity contribution in [3.63, 3.8) is 0 Å². The summed E-state index contributed by atoms with van der Waals surface area (Å²) in [5, 5.41) is 12.3. The Kier molecular flexibility index (Phi) is 5.95. The van der Waals surface area contributed by atoms with Crippen LogP contribution in [0.2, 0.25) is 5.02 Å². The van der Waals surface area contributed by atoms with Gasteiger partial charge in [-0.1, -0.05) is 60.1 Å². The Hall–Kier alpha value is -3.12. The topological polar surface area (TPSA) is 60.8 Å². The molecule has 0 bridgehead atoms. The van der Waals surface area contributed by atoms with E-state index in [2.05, 4.69) is 22.0 Å². The molecule has 6 heteroatoms. The third-order valence-electron chi connectivity index (χ3n) is 5.71. The van der Waals surface area contributed by atoms with E-state index in [9.17, 15) is 5.11 Å². The first-order chi connectivity index (χ1) is 15.7. The summed E-state index contributed by atoms with van der Waals surface area (Å²) in [5.41, 5.74) is 5.15. The van der Waals surface area contributed by atoms with E-state index in [-0.39, 0.29) is 5.88 Å². The van der Waals surface area contributed by atoms with Crippen molar-refractivity contribution in [1.82, 2.24) is 9.88 Å². The van der Waals surface area contributed by atoms with Gasteiger partial charge in [0.25, 0.3) is 0 Å². The van der Waals surface area contributed by atoms with Crippen molar-refractivity contribution < 1.29 is 9.84 Å². The van der Waals surface area contributed by atoms with E-state index >= 15 is 0 Å². The molecule has 162 valence electrons. The zero-order chi connectivity index (χ0) is 21.9. The van der Waals surface area contributed by atoms with Crippen molar-refractivity contribution >= 4 is 33.9 Å². The Morgan fingerprint density at radius 3 is 2.50 bits per heavy atom. The molecule has 32 heavy (non-hydrogen) atoms. The number of rotatable bonds is 5. The lowest BCUT2D eigenvalue weighted by Crippen LogP contribution is -2.35. The molecule has 0 amide bonds. The quantitative estimate of drug-likeness (QED) is 0.397. The summed E-state index contributed by atoms with van der Waals surface area (Å²) in [6.45, 7) is 4.41. The fraction of sp³-hybridized carbons (Fsp3) is 0.192. The van der Waals surface area contributed by atoms with Gasteiger partial charge < -0.3 is 14.8 Å². The predicted molar refractivity (Wildman–Crippen MR) is 129 cm³/mol. The Morgan fingerprint density at radius 2 is 1.75 bits per heavy atom. The summed E-state index contributed by atoms with van der Waals surface area (Å²) in [5.74, 6) is 0.0776. The van der Waals surface area contributed by atoms with Gasteiger partial charge in [0.15, 0.2) is 5.88 Å². The number of morpholine rings is 1. The average Bonchev–Trinajstić information content (AvgIpc) is 3.14. The highest BCUT2D eigenvalue weighted by Gasteiger charge is 2.19. The smallest absolute Gasteiger partial charge is 0.199 e. The Bertz CT molecular complexity index is 1240. The number of hydrogen-bond donors (Lipinski definition) is 2. The predicted octanol–water partition coefficient (Wildman–Crippen LogP) is 5.53. The van der Waals surface area contributed by atoms with Crippen LogP contribution in [0, 0.1) is 0 Å².